The van der Waals surface area contributed by atoms with Crippen LogP contribution in [-0.4, -0.2) is 37.7 Å². The van der Waals surface area contributed by atoms with Crippen LogP contribution in [0.3, 0.4) is 0 Å². The van der Waals surface area contributed by atoms with Crippen molar-refractivity contribution < 1.29 is 4.42 Å². The second-order valence-electron chi connectivity index (χ2n) is 10.6. The molecular weight excluding hydrogens is 486 g/mol. The van der Waals surface area contributed by atoms with Crippen molar-refractivity contribution >= 4 is 22.6 Å². The smallest absolute Gasteiger partial charge is 0.134 e. The third-order valence-electron chi connectivity index (χ3n) is 7.97. The van der Waals surface area contributed by atoms with Crippen molar-refractivity contribution in [2.24, 2.45) is 10.9 Å². The number of aromatic amines is 2. The molecule has 1 saturated carbocycles. The van der Waals surface area contributed by atoms with E-state index in [0.717, 1.165) is 74.3 Å². The van der Waals surface area contributed by atoms with Gasteiger partial charge in [-0.15, -0.1) is 0 Å². The molecule has 2 aliphatic rings. The van der Waals surface area contributed by atoms with E-state index in [-0.39, 0.29) is 6.04 Å². The molecule has 5 aromatic heterocycles. The first kappa shape index (κ1) is 23.8. The Hall–Kier alpha value is -4.30. The summed E-state index contributed by atoms with van der Waals surface area (Å²) in [5.74, 6) is 0.821. The molecule has 196 valence electrons. The molecule has 0 amide bonds. The number of allylic oxidation sites excluding steroid dienone is 1. The van der Waals surface area contributed by atoms with Crippen LogP contribution < -0.4 is 16.0 Å². The van der Waals surface area contributed by atoms with Gasteiger partial charge in [0, 0.05) is 41.6 Å². The van der Waals surface area contributed by atoms with Gasteiger partial charge in [-0.3, -0.25) is 20.1 Å². The molecule has 8 heteroatoms. The van der Waals surface area contributed by atoms with E-state index in [1.165, 1.54) is 31.2 Å². The maximum Gasteiger partial charge on any atom is 0.134 e. The largest absolute Gasteiger partial charge is 0.472 e. The van der Waals surface area contributed by atoms with Gasteiger partial charge < -0.3 is 14.7 Å². The Balaban J connectivity index is 1.17. The van der Waals surface area contributed by atoms with E-state index in [1.807, 2.05) is 30.9 Å². The van der Waals surface area contributed by atoms with Crippen LogP contribution in [0.25, 0.3) is 45.1 Å². The predicted molar refractivity (Wildman–Crippen MR) is 152 cm³/mol. The minimum Gasteiger partial charge on any atom is -0.472 e. The van der Waals surface area contributed by atoms with Crippen LogP contribution in [-0.2, 0) is 6.54 Å². The highest BCUT2D eigenvalue weighted by molar-refractivity contribution is 5.97. The molecule has 0 bridgehead atoms. The van der Waals surface area contributed by atoms with Crippen LogP contribution in [0.1, 0.15) is 43.7 Å². The summed E-state index contributed by atoms with van der Waals surface area (Å²) in [5.41, 5.74) is 8.06. The normalized spacial score (nSPS) is 17.5. The van der Waals surface area contributed by atoms with Gasteiger partial charge in [-0.1, -0.05) is 18.9 Å². The fraction of sp³-hybridized carbons (Fsp3) is 0.290. The third kappa shape index (κ3) is 4.61. The number of H-pyrrole nitrogens is 2. The molecule has 1 aliphatic carbocycles. The fourth-order valence-corrected chi connectivity index (χ4v) is 5.90. The number of nitrogens with one attached hydrogen (secondary N) is 3. The molecule has 0 spiro atoms. The molecule has 6 heterocycles. The molecule has 39 heavy (non-hydrogen) atoms. The number of fused-ring (bicyclic) bond motifs is 2. The van der Waals surface area contributed by atoms with Gasteiger partial charge in [0.15, 0.2) is 0 Å². The Morgan fingerprint density at radius 2 is 1.92 bits per heavy atom. The second kappa shape index (κ2) is 10.1. The minimum absolute atomic E-state index is 0.0603. The van der Waals surface area contributed by atoms with Crippen LogP contribution >= 0.6 is 0 Å². The summed E-state index contributed by atoms with van der Waals surface area (Å²) in [6, 6.07) is 6.23. The van der Waals surface area contributed by atoms with Crippen molar-refractivity contribution in [2.75, 3.05) is 6.54 Å². The average molecular weight is 518 g/mol. The zero-order valence-electron chi connectivity index (χ0n) is 21.9. The number of pyridine rings is 2. The lowest BCUT2D eigenvalue weighted by Crippen LogP contribution is -2.25. The van der Waals surface area contributed by atoms with Gasteiger partial charge in [0.1, 0.15) is 11.1 Å². The molecule has 7 rings (SSSR count). The van der Waals surface area contributed by atoms with Gasteiger partial charge in [0.2, 0.25) is 0 Å². The second-order valence-corrected chi connectivity index (χ2v) is 10.6. The van der Waals surface area contributed by atoms with Gasteiger partial charge in [-0.25, -0.2) is 0 Å². The number of aromatic nitrogens is 5. The molecule has 0 saturated heterocycles. The van der Waals surface area contributed by atoms with Crippen molar-refractivity contribution in [1.82, 2.24) is 30.5 Å². The number of hydrogen-bond donors (Lipinski definition) is 3. The van der Waals surface area contributed by atoms with Crippen molar-refractivity contribution in [1.29, 1.82) is 0 Å². The lowest BCUT2D eigenvalue weighted by molar-refractivity contribution is 0.489. The number of hydrogen-bond acceptors (Lipinski definition) is 6. The van der Waals surface area contributed by atoms with E-state index in [9.17, 15) is 0 Å². The minimum atomic E-state index is -0.0603. The highest BCUT2D eigenvalue weighted by Crippen LogP contribution is 2.31. The van der Waals surface area contributed by atoms with Crippen LogP contribution in [0.15, 0.2) is 71.0 Å². The molecule has 5 aromatic rings. The van der Waals surface area contributed by atoms with Crippen molar-refractivity contribution in [3.05, 3.63) is 83.4 Å². The molecule has 0 aromatic carbocycles. The molecule has 1 atom stereocenters. The molecule has 1 aliphatic heterocycles. The highest BCUT2D eigenvalue weighted by atomic mass is 16.3. The molecule has 8 nitrogen and oxygen atoms in total. The SMILES string of the molecule is C[C@@H]1N=c2c(-c3cc4c(-c5ccoc5)cncc4[nH]3)n[nH]c2=CC=C1c1cncc(CNCC2CCCC2)c1. The first-order valence-corrected chi connectivity index (χ1v) is 13.7. The molecule has 1 fully saturated rings. The summed E-state index contributed by atoms with van der Waals surface area (Å²) in [6.45, 7) is 4.05. The molecule has 3 N–H and O–H groups in total. The fourth-order valence-electron chi connectivity index (χ4n) is 5.90. The number of rotatable bonds is 7. The standard InChI is InChI=1S/C31H31N7O/c1-19-24(23-10-21(14-33-15-23)13-32-12-20-4-2-3-5-20)6-7-27-30(35-19)31(38-37-27)28-11-25-26(22-8-9-39-18-22)16-34-17-29(25)36-28/h6-11,14-20,32,36-37H,2-5,12-13H2,1H3/t19-/m0/s1. The first-order valence-electron chi connectivity index (χ1n) is 13.7. The Labute approximate surface area is 226 Å². The summed E-state index contributed by atoms with van der Waals surface area (Å²) < 4.78 is 5.30. The van der Waals surface area contributed by atoms with E-state index in [4.69, 9.17) is 9.41 Å². The molecular formula is C31H31N7O. The Bertz CT molecular complexity index is 1770. The molecule has 0 unspecified atom stereocenters. The highest BCUT2D eigenvalue weighted by Gasteiger charge is 2.18. The lowest BCUT2D eigenvalue weighted by Gasteiger charge is -2.14. The summed E-state index contributed by atoms with van der Waals surface area (Å²) >= 11 is 0. The Morgan fingerprint density at radius 3 is 2.79 bits per heavy atom. The van der Waals surface area contributed by atoms with E-state index in [2.05, 4.69) is 61.7 Å². The van der Waals surface area contributed by atoms with E-state index in [0.29, 0.717) is 0 Å². The predicted octanol–water partition coefficient (Wildman–Crippen LogP) is 4.77. The first-order chi connectivity index (χ1) is 19.2. The maximum atomic E-state index is 5.30. The van der Waals surface area contributed by atoms with Gasteiger partial charge >= 0.3 is 0 Å². The Kier molecular flexibility index (Phi) is 6.17. The van der Waals surface area contributed by atoms with Crippen LogP contribution in [0, 0.1) is 5.92 Å². The number of furan rings is 1. The Morgan fingerprint density at radius 1 is 1.03 bits per heavy atom. The van der Waals surface area contributed by atoms with Gasteiger partial charge in [0.05, 0.1) is 41.3 Å². The quantitative estimate of drug-likeness (QED) is 0.288. The summed E-state index contributed by atoms with van der Waals surface area (Å²) in [4.78, 5) is 17.6. The maximum absolute atomic E-state index is 5.30. The van der Waals surface area contributed by atoms with Crippen molar-refractivity contribution in [3.8, 4) is 22.5 Å². The van der Waals surface area contributed by atoms with Crippen molar-refractivity contribution in [2.45, 2.75) is 45.2 Å². The third-order valence-corrected chi connectivity index (χ3v) is 7.97. The van der Waals surface area contributed by atoms with Gasteiger partial charge in [0.25, 0.3) is 0 Å². The van der Waals surface area contributed by atoms with Crippen LogP contribution in [0.5, 0.6) is 0 Å². The zero-order valence-corrected chi connectivity index (χ0v) is 21.9. The molecule has 0 radical (unpaired) electrons. The van der Waals surface area contributed by atoms with Gasteiger partial charge in [-0.05, 0) is 73.2 Å². The summed E-state index contributed by atoms with van der Waals surface area (Å²) in [7, 11) is 0. The van der Waals surface area contributed by atoms with Crippen molar-refractivity contribution in [3.63, 3.8) is 0 Å². The summed E-state index contributed by atoms with van der Waals surface area (Å²) in [5, 5.41) is 14.3. The lowest BCUT2D eigenvalue weighted by atomic mass is 10.00. The summed E-state index contributed by atoms with van der Waals surface area (Å²) in [6.07, 6.45) is 20.7. The van der Waals surface area contributed by atoms with E-state index in [1.54, 1.807) is 12.5 Å². The van der Waals surface area contributed by atoms with Crippen LogP contribution in [0.4, 0.5) is 0 Å². The number of nitrogens with zero attached hydrogens (tertiary/aromatic N) is 4. The monoisotopic (exact) mass is 517 g/mol. The average Bonchev–Trinajstić information content (AvgIpc) is 3.76. The zero-order chi connectivity index (χ0) is 26.2. The van der Waals surface area contributed by atoms with Gasteiger partial charge in [-0.2, -0.15) is 5.10 Å². The van der Waals surface area contributed by atoms with E-state index >= 15 is 0 Å². The van der Waals surface area contributed by atoms with E-state index < -0.39 is 0 Å². The topological polar surface area (TPSA) is 108 Å². The van der Waals surface area contributed by atoms with Crippen LogP contribution in [0.2, 0.25) is 0 Å².